The fraction of sp³-hybridized carbons (Fsp3) is 0.800. The number of aliphatic hydroxyl groups excluding tert-OH is 1. The standard InChI is InChI=1S/C20H26O6/c1-16(2)7-6-12(21)18-9-26-20(25,14(22)13(16)18)19-8-10(4-5-11(18)19)17(3,24)15(19)23/h6-7,10-11,13-14,22,24-25H,4-5,8-9H2,1-3H3/t10-,11+,13-,14+,17+,18-,19+,20+/m1/s1. The summed E-state index contributed by atoms with van der Waals surface area (Å²) in [6.07, 6.45) is 3.43. The number of ether oxygens (including phenoxy) is 1. The van der Waals surface area contributed by atoms with Crippen molar-refractivity contribution in [1.29, 1.82) is 0 Å². The van der Waals surface area contributed by atoms with Crippen LogP contribution in [0.1, 0.15) is 40.0 Å². The lowest BCUT2D eigenvalue weighted by Crippen LogP contribution is -2.82. The minimum absolute atomic E-state index is 0.00430. The van der Waals surface area contributed by atoms with Crippen molar-refractivity contribution in [2.45, 2.75) is 57.5 Å². The second-order valence-electron chi connectivity index (χ2n) is 9.95. The first-order valence-electron chi connectivity index (χ1n) is 9.51. The Bertz CT molecular complexity index is 768. The minimum Gasteiger partial charge on any atom is -0.387 e. The van der Waals surface area contributed by atoms with E-state index in [0.717, 1.165) is 0 Å². The van der Waals surface area contributed by atoms with Crippen molar-refractivity contribution in [3.63, 3.8) is 0 Å². The molecule has 4 aliphatic carbocycles. The number of carbonyl (C=O) groups excluding carboxylic acids is 2. The first-order chi connectivity index (χ1) is 12.0. The molecule has 0 amide bonds. The van der Waals surface area contributed by atoms with Gasteiger partial charge < -0.3 is 20.1 Å². The van der Waals surface area contributed by atoms with Crippen LogP contribution < -0.4 is 0 Å². The van der Waals surface area contributed by atoms with Crippen LogP contribution in [0.5, 0.6) is 0 Å². The van der Waals surface area contributed by atoms with Crippen LogP contribution in [0, 0.1) is 34.0 Å². The van der Waals surface area contributed by atoms with Crippen LogP contribution >= 0.6 is 0 Å². The van der Waals surface area contributed by atoms with Gasteiger partial charge in [0.15, 0.2) is 11.6 Å². The fourth-order valence-electron chi connectivity index (χ4n) is 7.51. The summed E-state index contributed by atoms with van der Waals surface area (Å²) in [6, 6.07) is 0. The Labute approximate surface area is 152 Å². The number of Topliss-reactive ketones (excluding diaryl/α,β-unsaturated/α-hetero) is 1. The molecule has 2 heterocycles. The van der Waals surface area contributed by atoms with Gasteiger partial charge >= 0.3 is 0 Å². The van der Waals surface area contributed by atoms with Gasteiger partial charge in [-0.2, -0.15) is 0 Å². The summed E-state index contributed by atoms with van der Waals surface area (Å²) in [4.78, 5) is 26.6. The van der Waals surface area contributed by atoms with E-state index in [1.807, 2.05) is 13.8 Å². The van der Waals surface area contributed by atoms with E-state index in [4.69, 9.17) is 4.74 Å². The lowest BCUT2D eigenvalue weighted by molar-refractivity contribution is -0.422. The van der Waals surface area contributed by atoms with E-state index >= 15 is 0 Å². The Balaban J connectivity index is 1.81. The van der Waals surface area contributed by atoms with E-state index in [-0.39, 0.29) is 24.7 Å². The molecule has 0 radical (unpaired) electrons. The van der Waals surface area contributed by atoms with Gasteiger partial charge in [-0.15, -0.1) is 0 Å². The van der Waals surface area contributed by atoms with Crippen molar-refractivity contribution in [3.8, 4) is 0 Å². The first-order valence-corrected chi connectivity index (χ1v) is 9.51. The zero-order valence-electron chi connectivity index (χ0n) is 15.4. The van der Waals surface area contributed by atoms with Crippen molar-refractivity contribution in [1.82, 2.24) is 0 Å². The van der Waals surface area contributed by atoms with Gasteiger partial charge in [-0.3, -0.25) is 9.59 Å². The highest BCUT2D eigenvalue weighted by Crippen LogP contribution is 2.75. The Kier molecular flexibility index (Phi) is 2.83. The van der Waals surface area contributed by atoms with Crippen LogP contribution in [0.4, 0.5) is 0 Å². The Morgan fingerprint density at radius 2 is 1.85 bits per heavy atom. The van der Waals surface area contributed by atoms with E-state index in [0.29, 0.717) is 12.8 Å². The van der Waals surface area contributed by atoms with Crippen LogP contribution in [0.3, 0.4) is 0 Å². The molecule has 2 aliphatic heterocycles. The Morgan fingerprint density at radius 1 is 1.15 bits per heavy atom. The Hall–Kier alpha value is -1.08. The molecule has 0 aromatic rings. The third-order valence-corrected chi connectivity index (χ3v) is 8.62. The molecule has 3 saturated carbocycles. The van der Waals surface area contributed by atoms with Crippen molar-refractivity contribution < 1.29 is 29.6 Å². The molecule has 142 valence electrons. The molecule has 3 N–H and O–H groups in total. The van der Waals surface area contributed by atoms with Gasteiger partial charge in [-0.25, -0.2) is 0 Å². The number of allylic oxidation sites excluding steroid dienone is 2. The second-order valence-corrected chi connectivity index (χ2v) is 9.95. The van der Waals surface area contributed by atoms with Crippen LogP contribution in [0.15, 0.2) is 12.2 Å². The van der Waals surface area contributed by atoms with Gasteiger partial charge in [-0.05, 0) is 49.5 Å². The van der Waals surface area contributed by atoms with Gasteiger partial charge in [0, 0.05) is 5.92 Å². The largest absolute Gasteiger partial charge is 0.387 e. The average molecular weight is 362 g/mol. The van der Waals surface area contributed by atoms with Gasteiger partial charge in [0.2, 0.25) is 5.79 Å². The van der Waals surface area contributed by atoms with E-state index < -0.39 is 51.4 Å². The second kappa shape index (κ2) is 4.32. The number of fused-ring (bicyclic) bond motifs is 2. The number of carbonyl (C=O) groups is 2. The van der Waals surface area contributed by atoms with Crippen molar-refractivity contribution in [2.75, 3.05) is 6.61 Å². The average Bonchev–Trinajstić information content (AvgIpc) is 2.72. The monoisotopic (exact) mass is 362 g/mol. The summed E-state index contributed by atoms with van der Waals surface area (Å²) >= 11 is 0. The lowest BCUT2D eigenvalue weighted by Gasteiger charge is -2.71. The molecule has 2 saturated heterocycles. The maximum absolute atomic E-state index is 13.4. The van der Waals surface area contributed by atoms with Gasteiger partial charge in [0.05, 0.1) is 17.4 Å². The molecular weight excluding hydrogens is 336 g/mol. The zero-order valence-corrected chi connectivity index (χ0v) is 15.4. The number of aliphatic hydroxyl groups is 3. The third kappa shape index (κ3) is 1.39. The lowest BCUT2D eigenvalue weighted by atomic mass is 9.37. The molecule has 6 aliphatic rings. The van der Waals surface area contributed by atoms with Crippen molar-refractivity contribution >= 4 is 11.6 Å². The molecule has 6 rings (SSSR count). The molecule has 8 atom stereocenters. The smallest absolute Gasteiger partial charge is 0.205 e. The Morgan fingerprint density at radius 3 is 2.54 bits per heavy atom. The van der Waals surface area contributed by atoms with Crippen molar-refractivity contribution in [2.24, 2.45) is 34.0 Å². The minimum atomic E-state index is -2.07. The molecule has 6 nitrogen and oxygen atoms in total. The summed E-state index contributed by atoms with van der Waals surface area (Å²) in [5, 5.41) is 33.7. The van der Waals surface area contributed by atoms with Gasteiger partial charge in [0.1, 0.15) is 11.7 Å². The normalized spacial score (nSPS) is 59.3. The molecule has 0 aromatic heterocycles. The summed E-state index contributed by atoms with van der Waals surface area (Å²) in [5.74, 6) is -3.93. The first kappa shape index (κ1) is 17.0. The number of hydrogen-bond donors (Lipinski definition) is 3. The maximum Gasteiger partial charge on any atom is 0.205 e. The molecule has 4 bridgehead atoms. The van der Waals surface area contributed by atoms with Crippen LogP contribution in [-0.4, -0.2) is 51.0 Å². The molecule has 26 heavy (non-hydrogen) atoms. The predicted octanol–water partition coefficient (Wildman–Crippen LogP) is 0.584. The molecule has 5 fully saturated rings. The van der Waals surface area contributed by atoms with E-state index in [9.17, 15) is 24.9 Å². The highest BCUT2D eigenvalue weighted by atomic mass is 16.6. The summed E-state index contributed by atoms with van der Waals surface area (Å²) < 4.78 is 5.77. The third-order valence-electron chi connectivity index (χ3n) is 8.62. The molecule has 0 aromatic carbocycles. The summed E-state index contributed by atoms with van der Waals surface area (Å²) in [7, 11) is 0. The topological polar surface area (TPSA) is 104 Å². The molecule has 2 spiro atoms. The molecule has 0 unspecified atom stereocenters. The van der Waals surface area contributed by atoms with E-state index in [2.05, 4.69) is 0 Å². The number of rotatable bonds is 0. The number of hydrogen-bond acceptors (Lipinski definition) is 6. The zero-order chi connectivity index (χ0) is 18.9. The quantitative estimate of drug-likeness (QED) is 0.582. The van der Waals surface area contributed by atoms with Crippen LogP contribution in [0.25, 0.3) is 0 Å². The SMILES string of the molecule is CC1(C)C=CC(=O)[C@]23CO[C@@](O)([C@@H](O)[C@H]12)[C@@]12C[C@@H](CC[C@@H]31)[C@](C)(O)C2=O. The molecular formula is C20H26O6. The predicted molar refractivity (Wildman–Crippen MR) is 89.7 cm³/mol. The van der Waals surface area contributed by atoms with E-state index in [1.165, 1.54) is 6.92 Å². The fourth-order valence-corrected chi connectivity index (χ4v) is 7.51. The summed E-state index contributed by atoms with van der Waals surface area (Å²) in [5.41, 5.74) is -4.55. The van der Waals surface area contributed by atoms with Gasteiger partial charge in [-0.1, -0.05) is 19.9 Å². The molecule has 6 heteroatoms. The van der Waals surface area contributed by atoms with Crippen molar-refractivity contribution in [3.05, 3.63) is 12.2 Å². The van der Waals surface area contributed by atoms with Crippen LogP contribution in [0.2, 0.25) is 0 Å². The maximum atomic E-state index is 13.4. The van der Waals surface area contributed by atoms with Crippen LogP contribution in [-0.2, 0) is 14.3 Å². The highest BCUT2D eigenvalue weighted by Gasteiger charge is 2.86. The highest BCUT2D eigenvalue weighted by molar-refractivity contribution is 6.02. The summed E-state index contributed by atoms with van der Waals surface area (Å²) in [6.45, 7) is 5.39. The van der Waals surface area contributed by atoms with E-state index in [1.54, 1.807) is 12.2 Å². The van der Waals surface area contributed by atoms with Gasteiger partial charge in [0.25, 0.3) is 0 Å². The number of ketones is 2.